The van der Waals surface area contributed by atoms with Crippen LogP contribution in [0.15, 0.2) is 84.9 Å². The Labute approximate surface area is 161 Å². The van der Waals surface area contributed by atoms with Gasteiger partial charge in [0.25, 0.3) is 0 Å². The second kappa shape index (κ2) is 9.70. The van der Waals surface area contributed by atoms with Crippen molar-refractivity contribution in [2.24, 2.45) is 0 Å². The van der Waals surface area contributed by atoms with E-state index in [4.69, 9.17) is 4.74 Å². The zero-order valence-electron chi connectivity index (χ0n) is 15.6. The molecule has 0 unspecified atom stereocenters. The van der Waals surface area contributed by atoms with E-state index in [1.165, 1.54) is 0 Å². The summed E-state index contributed by atoms with van der Waals surface area (Å²) in [4.78, 5) is 13.1. The van der Waals surface area contributed by atoms with Gasteiger partial charge in [-0.05, 0) is 29.2 Å². The van der Waals surface area contributed by atoms with Crippen molar-refractivity contribution in [1.29, 1.82) is 0 Å². The summed E-state index contributed by atoms with van der Waals surface area (Å²) in [7, 11) is 0. The average Bonchev–Trinajstić information content (AvgIpc) is 2.73. The SMILES string of the molecule is CCOCc1ccccc1CNC(=O)C(c1ccccc1)c1ccccc1. The van der Waals surface area contributed by atoms with Crippen LogP contribution in [0.3, 0.4) is 0 Å². The van der Waals surface area contributed by atoms with Crippen LogP contribution in [0, 0.1) is 0 Å². The summed E-state index contributed by atoms with van der Waals surface area (Å²) in [6.45, 7) is 3.70. The molecule has 0 bridgehead atoms. The zero-order chi connectivity index (χ0) is 18.9. The first-order valence-electron chi connectivity index (χ1n) is 9.31. The first kappa shape index (κ1) is 18.9. The van der Waals surface area contributed by atoms with Crippen molar-refractivity contribution in [3.63, 3.8) is 0 Å². The molecule has 0 heterocycles. The highest BCUT2D eigenvalue weighted by Crippen LogP contribution is 2.25. The van der Waals surface area contributed by atoms with Gasteiger partial charge < -0.3 is 10.1 Å². The summed E-state index contributed by atoms with van der Waals surface area (Å²) >= 11 is 0. The lowest BCUT2D eigenvalue weighted by Gasteiger charge is -2.18. The molecule has 3 nitrogen and oxygen atoms in total. The van der Waals surface area contributed by atoms with Crippen LogP contribution in [-0.4, -0.2) is 12.5 Å². The molecule has 3 aromatic rings. The Morgan fingerprint density at radius 2 is 1.33 bits per heavy atom. The largest absolute Gasteiger partial charge is 0.377 e. The molecule has 27 heavy (non-hydrogen) atoms. The van der Waals surface area contributed by atoms with E-state index in [-0.39, 0.29) is 11.8 Å². The molecule has 1 N–H and O–H groups in total. The van der Waals surface area contributed by atoms with E-state index in [9.17, 15) is 4.79 Å². The minimum atomic E-state index is -0.327. The van der Waals surface area contributed by atoms with Crippen LogP contribution in [0.2, 0.25) is 0 Å². The van der Waals surface area contributed by atoms with Gasteiger partial charge in [0.15, 0.2) is 0 Å². The lowest BCUT2D eigenvalue weighted by atomic mass is 9.90. The van der Waals surface area contributed by atoms with Crippen molar-refractivity contribution in [3.8, 4) is 0 Å². The molecule has 1 amide bonds. The van der Waals surface area contributed by atoms with E-state index < -0.39 is 0 Å². The Kier molecular flexibility index (Phi) is 6.78. The Bertz CT molecular complexity index is 807. The van der Waals surface area contributed by atoms with Crippen molar-refractivity contribution >= 4 is 5.91 Å². The van der Waals surface area contributed by atoms with Gasteiger partial charge in [0, 0.05) is 13.2 Å². The Morgan fingerprint density at radius 3 is 1.89 bits per heavy atom. The second-order valence-corrected chi connectivity index (χ2v) is 6.38. The standard InChI is InChI=1S/C24H25NO2/c1-2-27-18-22-16-10-9-15-21(22)17-25-24(26)23(19-11-5-3-6-12-19)20-13-7-4-8-14-20/h3-16,23H,2,17-18H2,1H3,(H,25,26). The van der Waals surface area contributed by atoms with E-state index in [0.29, 0.717) is 19.8 Å². The summed E-state index contributed by atoms with van der Waals surface area (Å²) in [6.07, 6.45) is 0. The Morgan fingerprint density at radius 1 is 0.815 bits per heavy atom. The summed E-state index contributed by atoms with van der Waals surface area (Å²) in [5.41, 5.74) is 4.17. The quantitative estimate of drug-likeness (QED) is 0.635. The Balaban J connectivity index is 1.78. The molecule has 0 radical (unpaired) electrons. The highest BCUT2D eigenvalue weighted by Gasteiger charge is 2.22. The number of amides is 1. The third-order valence-electron chi connectivity index (χ3n) is 4.56. The molecule has 0 fully saturated rings. The van der Waals surface area contributed by atoms with Gasteiger partial charge in [-0.25, -0.2) is 0 Å². The highest BCUT2D eigenvalue weighted by atomic mass is 16.5. The fourth-order valence-electron chi connectivity index (χ4n) is 3.15. The fraction of sp³-hybridized carbons (Fsp3) is 0.208. The van der Waals surface area contributed by atoms with Gasteiger partial charge in [-0.1, -0.05) is 84.9 Å². The number of carbonyl (C=O) groups excluding carboxylic acids is 1. The van der Waals surface area contributed by atoms with E-state index in [0.717, 1.165) is 22.3 Å². The summed E-state index contributed by atoms with van der Waals surface area (Å²) in [6, 6.07) is 27.9. The molecule has 3 rings (SSSR count). The van der Waals surface area contributed by atoms with Gasteiger partial charge in [-0.2, -0.15) is 0 Å². The molecule has 0 spiro atoms. The predicted molar refractivity (Wildman–Crippen MR) is 108 cm³/mol. The maximum absolute atomic E-state index is 13.1. The van der Waals surface area contributed by atoms with E-state index in [1.54, 1.807) is 0 Å². The van der Waals surface area contributed by atoms with E-state index >= 15 is 0 Å². The summed E-state index contributed by atoms with van der Waals surface area (Å²) in [5, 5.41) is 3.12. The van der Waals surface area contributed by atoms with E-state index in [1.807, 2.05) is 91.9 Å². The van der Waals surface area contributed by atoms with Crippen LogP contribution in [0.5, 0.6) is 0 Å². The van der Waals surface area contributed by atoms with Gasteiger partial charge >= 0.3 is 0 Å². The Hall–Kier alpha value is -2.91. The highest BCUT2D eigenvalue weighted by molar-refractivity contribution is 5.87. The van der Waals surface area contributed by atoms with Crippen molar-refractivity contribution < 1.29 is 9.53 Å². The van der Waals surface area contributed by atoms with Gasteiger partial charge in [-0.15, -0.1) is 0 Å². The topological polar surface area (TPSA) is 38.3 Å². The summed E-state index contributed by atoms with van der Waals surface area (Å²) < 4.78 is 5.54. The average molecular weight is 359 g/mol. The van der Waals surface area contributed by atoms with Gasteiger partial charge in [0.1, 0.15) is 0 Å². The summed E-state index contributed by atoms with van der Waals surface area (Å²) in [5.74, 6) is -0.329. The molecule has 138 valence electrons. The second-order valence-electron chi connectivity index (χ2n) is 6.38. The van der Waals surface area contributed by atoms with Crippen LogP contribution >= 0.6 is 0 Å². The lowest BCUT2D eigenvalue weighted by Crippen LogP contribution is -2.30. The molecule has 0 aliphatic heterocycles. The van der Waals surface area contributed by atoms with E-state index in [2.05, 4.69) is 5.32 Å². The fourth-order valence-corrected chi connectivity index (χ4v) is 3.15. The molecule has 0 saturated heterocycles. The van der Waals surface area contributed by atoms with Crippen molar-refractivity contribution in [3.05, 3.63) is 107 Å². The van der Waals surface area contributed by atoms with Gasteiger partial charge in [0.05, 0.1) is 12.5 Å². The smallest absolute Gasteiger partial charge is 0.232 e. The first-order valence-corrected chi connectivity index (χ1v) is 9.31. The number of nitrogens with one attached hydrogen (secondary N) is 1. The maximum atomic E-state index is 13.1. The predicted octanol–water partition coefficient (Wildman–Crippen LogP) is 4.67. The number of carbonyl (C=O) groups is 1. The van der Waals surface area contributed by atoms with Gasteiger partial charge in [-0.3, -0.25) is 4.79 Å². The first-order chi connectivity index (χ1) is 13.3. The molecule has 0 aliphatic rings. The monoisotopic (exact) mass is 359 g/mol. The number of benzene rings is 3. The number of hydrogen-bond donors (Lipinski definition) is 1. The normalized spacial score (nSPS) is 10.7. The molecule has 0 atom stereocenters. The van der Waals surface area contributed by atoms with Crippen LogP contribution < -0.4 is 5.32 Å². The maximum Gasteiger partial charge on any atom is 0.232 e. The third-order valence-corrected chi connectivity index (χ3v) is 4.56. The van der Waals surface area contributed by atoms with Crippen molar-refractivity contribution in [2.45, 2.75) is 26.0 Å². The third kappa shape index (κ3) is 5.05. The molecular weight excluding hydrogens is 334 g/mol. The minimum absolute atomic E-state index is 0.00128. The zero-order valence-corrected chi connectivity index (χ0v) is 15.6. The molecule has 0 saturated carbocycles. The molecule has 3 heteroatoms. The van der Waals surface area contributed by atoms with Crippen LogP contribution in [0.25, 0.3) is 0 Å². The van der Waals surface area contributed by atoms with Crippen LogP contribution in [0.1, 0.15) is 35.1 Å². The lowest BCUT2D eigenvalue weighted by molar-refractivity contribution is -0.121. The van der Waals surface area contributed by atoms with Crippen LogP contribution in [-0.2, 0) is 22.7 Å². The molecule has 3 aromatic carbocycles. The van der Waals surface area contributed by atoms with Crippen molar-refractivity contribution in [2.75, 3.05) is 6.61 Å². The molecule has 0 aliphatic carbocycles. The number of ether oxygens (including phenoxy) is 1. The van der Waals surface area contributed by atoms with Crippen LogP contribution in [0.4, 0.5) is 0 Å². The van der Waals surface area contributed by atoms with Crippen molar-refractivity contribution in [1.82, 2.24) is 5.32 Å². The molecular formula is C24H25NO2. The number of rotatable bonds is 8. The molecule has 0 aromatic heterocycles. The number of hydrogen-bond acceptors (Lipinski definition) is 2. The minimum Gasteiger partial charge on any atom is -0.377 e. The van der Waals surface area contributed by atoms with Gasteiger partial charge in [0.2, 0.25) is 5.91 Å².